The van der Waals surface area contributed by atoms with Crippen molar-refractivity contribution in [3.63, 3.8) is 0 Å². The Morgan fingerprint density at radius 3 is 2.00 bits per heavy atom. The first-order chi connectivity index (χ1) is 16.9. The van der Waals surface area contributed by atoms with E-state index in [-0.39, 0.29) is 11.2 Å². The lowest BCUT2D eigenvalue weighted by Gasteiger charge is -2.21. The lowest BCUT2D eigenvalue weighted by molar-refractivity contribution is 0.107. The highest BCUT2D eigenvalue weighted by molar-refractivity contribution is 6.56. The number of nitrogens with zero attached hydrogens (tertiary/aromatic N) is 1. The summed E-state index contributed by atoms with van der Waals surface area (Å²) in [5, 5.41) is 1.10. The zero-order chi connectivity index (χ0) is 24.2. The van der Waals surface area contributed by atoms with Gasteiger partial charge in [-0.2, -0.15) is 0 Å². The van der Waals surface area contributed by atoms with Gasteiger partial charge in [0.15, 0.2) is 0 Å². The van der Waals surface area contributed by atoms with E-state index in [9.17, 15) is 4.79 Å². The molecule has 35 heavy (non-hydrogen) atoms. The van der Waals surface area contributed by atoms with Crippen LogP contribution in [0.1, 0.15) is 42.3 Å². The number of rotatable bonds is 3. The number of Topliss-reactive ketones (excluding diaryl/α,β-unsaturated/α-hetero) is 1. The van der Waals surface area contributed by atoms with Gasteiger partial charge >= 0.3 is 0 Å². The fraction of sp³-hybridized carbons (Fsp3) is 0.125. The van der Waals surface area contributed by atoms with Gasteiger partial charge in [-0.15, -0.1) is 0 Å². The Balaban J connectivity index is 1.71. The van der Waals surface area contributed by atoms with E-state index in [2.05, 4.69) is 86.4 Å². The highest BCUT2D eigenvalue weighted by Gasteiger charge is 2.30. The van der Waals surface area contributed by atoms with E-state index in [0.717, 1.165) is 44.5 Å². The molecular weight excluding hydrogens is 428 g/mol. The Kier molecular flexibility index (Phi) is 4.82. The van der Waals surface area contributed by atoms with Gasteiger partial charge in [0.1, 0.15) is 5.71 Å². The SMILES string of the molecule is CC(C)(C)c1cc(C2=Nc3ccccc3C2=O)c2[nH]c(-c3ccccc3)c(-c3ccccc3)c2c1. The minimum Gasteiger partial charge on any atom is -0.353 e. The van der Waals surface area contributed by atoms with Crippen LogP contribution in [0.25, 0.3) is 33.3 Å². The topological polar surface area (TPSA) is 45.2 Å². The maximum absolute atomic E-state index is 13.5. The standard InChI is InChI=1S/C32H26N2O/c1-32(2,3)22-18-24-27(20-12-6-4-7-13-20)28(21-14-8-5-9-15-21)34-29(24)25(19-22)30-31(35)23-16-10-11-17-26(23)33-30/h4-19,34H,1-3H3. The van der Waals surface area contributed by atoms with Crippen LogP contribution in [0.15, 0.2) is 102 Å². The zero-order valence-corrected chi connectivity index (χ0v) is 20.1. The molecule has 4 aromatic carbocycles. The highest BCUT2D eigenvalue weighted by Crippen LogP contribution is 2.42. The van der Waals surface area contributed by atoms with E-state index in [1.165, 1.54) is 5.56 Å². The number of aromatic amines is 1. The van der Waals surface area contributed by atoms with Gasteiger partial charge in [0.05, 0.1) is 16.9 Å². The van der Waals surface area contributed by atoms with E-state index >= 15 is 0 Å². The lowest BCUT2D eigenvalue weighted by Crippen LogP contribution is -2.16. The number of hydrogen-bond donors (Lipinski definition) is 1. The van der Waals surface area contributed by atoms with Crippen molar-refractivity contribution in [1.29, 1.82) is 0 Å². The molecule has 0 atom stereocenters. The molecule has 0 spiro atoms. The molecule has 1 aromatic heterocycles. The molecule has 0 aliphatic carbocycles. The average Bonchev–Trinajstić information content (AvgIpc) is 3.42. The van der Waals surface area contributed by atoms with Crippen molar-refractivity contribution in [2.24, 2.45) is 4.99 Å². The Hall–Kier alpha value is -4.24. The van der Waals surface area contributed by atoms with Crippen molar-refractivity contribution < 1.29 is 4.79 Å². The summed E-state index contributed by atoms with van der Waals surface area (Å²) < 4.78 is 0. The number of nitrogens with one attached hydrogen (secondary N) is 1. The predicted octanol–water partition coefficient (Wildman–Crippen LogP) is 8.12. The van der Waals surface area contributed by atoms with Crippen LogP contribution in [0.4, 0.5) is 5.69 Å². The Bertz CT molecular complexity index is 1620. The summed E-state index contributed by atoms with van der Waals surface area (Å²) in [7, 11) is 0. The summed E-state index contributed by atoms with van der Waals surface area (Å²) in [5.41, 5.74) is 9.19. The zero-order valence-electron chi connectivity index (χ0n) is 20.1. The summed E-state index contributed by atoms with van der Waals surface area (Å²) in [6, 6.07) is 32.8. The molecular formula is C32H26N2O. The minimum absolute atomic E-state index is 0.0231. The Labute approximate surface area is 205 Å². The van der Waals surface area contributed by atoms with Gasteiger partial charge in [-0.3, -0.25) is 4.79 Å². The summed E-state index contributed by atoms with van der Waals surface area (Å²) in [6.07, 6.45) is 0. The van der Waals surface area contributed by atoms with Crippen molar-refractivity contribution in [1.82, 2.24) is 4.98 Å². The monoisotopic (exact) mass is 454 g/mol. The molecule has 0 saturated heterocycles. The van der Waals surface area contributed by atoms with Gasteiger partial charge in [-0.25, -0.2) is 4.99 Å². The Morgan fingerprint density at radius 2 is 1.34 bits per heavy atom. The van der Waals surface area contributed by atoms with Gasteiger partial charge < -0.3 is 4.98 Å². The van der Waals surface area contributed by atoms with Crippen molar-refractivity contribution in [3.8, 4) is 22.4 Å². The molecule has 6 rings (SSSR count). The predicted molar refractivity (Wildman–Crippen MR) is 145 cm³/mol. The second-order valence-corrected chi connectivity index (χ2v) is 10.1. The number of H-pyrrole nitrogens is 1. The molecule has 1 N–H and O–H groups in total. The fourth-order valence-corrected chi connectivity index (χ4v) is 4.89. The van der Waals surface area contributed by atoms with Crippen LogP contribution < -0.4 is 0 Å². The van der Waals surface area contributed by atoms with Crippen LogP contribution in [-0.4, -0.2) is 16.5 Å². The molecule has 0 amide bonds. The van der Waals surface area contributed by atoms with Crippen LogP contribution >= 0.6 is 0 Å². The molecule has 5 aromatic rings. The van der Waals surface area contributed by atoms with Gasteiger partial charge in [-0.05, 0) is 46.4 Å². The molecule has 1 aliphatic rings. The quantitative estimate of drug-likeness (QED) is 0.294. The van der Waals surface area contributed by atoms with E-state index in [0.29, 0.717) is 11.3 Å². The van der Waals surface area contributed by atoms with Crippen LogP contribution in [-0.2, 0) is 5.41 Å². The summed E-state index contributed by atoms with van der Waals surface area (Å²) >= 11 is 0. The number of benzene rings is 4. The van der Waals surface area contributed by atoms with E-state index < -0.39 is 0 Å². The van der Waals surface area contributed by atoms with Crippen LogP contribution in [0.3, 0.4) is 0 Å². The highest BCUT2D eigenvalue weighted by atomic mass is 16.1. The number of ketones is 1. The molecule has 0 bridgehead atoms. The van der Waals surface area contributed by atoms with Gasteiger partial charge in [0.2, 0.25) is 5.78 Å². The van der Waals surface area contributed by atoms with E-state index in [1.54, 1.807) is 0 Å². The molecule has 0 saturated carbocycles. The molecule has 3 heteroatoms. The number of aromatic nitrogens is 1. The van der Waals surface area contributed by atoms with Crippen LogP contribution in [0, 0.1) is 0 Å². The van der Waals surface area contributed by atoms with Crippen molar-refractivity contribution in [2.75, 3.05) is 0 Å². The van der Waals surface area contributed by atoms with Gasteiger partial charge in [0, 0.05) is 22.1 Å². The first kappa shape index (κ1) is 21.3. The minimum atomic E-state index is -0.101. The number of para-hydroxylation sites is 1. The van der Waals surface area contributed by atoms with E-state index in [4.69, 9.17) is 4.99 Å². The molecule has 1 aliphatic heterocycles. The number of carbonyl (C=O) groups excluding carboxylic acids is 1. The fourth-order valence-electron chi connectivity index (χ4n) is 4.89. The third-order valence-electron chi connectivity index (χ3n) is 6.75. The first-order valence-corrected chi connectivity index (χ1v) is 12.0. The second kappa shape index (κ2) is 7.92. The maximum atomic E-state index is 13.5. The molecule has 2 heterocycles. The molecule has 0 unspecified atom stereocenters. The van der Waals surface area contributed by atoms with Crippen molar-refractivity contribution >= 4 is 28.1 Å². The molecule has 0 radical (unpaired) electrons. The molecule has 3 nitrogen and oxygen atoms in total. The van der Waals surface area contributed by atoms with Crippen LogP contribution in [0.2, 0.25) is 0 Å². The average molecular weight is 455 g/mol. The van der Waals surface area contributed by atoms with Crippen LogP contribution in [0.5, 0.6) is 0 Å². The number of aliphatic imine (C=N–C) groups is 1. The summed E-state index contributed by atoms with van der Waals surface area (Å²) in [5.74, 6) is -0.0231. The maximum Gasteiger partial charge on any atom is 0.214 e. The van der Waals surface area contributed by atoms with Crippen molar-refractivity contribution in [3.05, 3.63) is 114 Å². The van der Waals surface area contributed by atoms with E-state index in [1.807, 2.05) is 36.4 Å². The lowest BCUT2D eigenvalue weighted by atomic mass is 9.83. The Morgan fingerprint density at radius 1 is 0.714 bits per heavy atom. The third kappa shape index (κ3) is 3.52. The second-order valence-electron chi connectivity index (χ2n) is 10.1. The summed E-state index contributed by atoms with van der Waals surface area (Å²) in [6.45, 7) is 6.62. The molecule has 0 fully saturated rings. The van der Waals surface area contributed by atoms with Crippen molar-refractivity contribution in [2.45, 2.75) is 26.2 Å². The smallest absolute Gasteiger partial charge is 0.214 e. The van der Waals surface area contributed by atoms with Gasteiger partial charge in [0.25, 0.3) is 0 Å². The first-order valence-electron chi connectivity index (χ1n) is 12.0. The number of carbonyl (C=O) groups is 1. The number of hydrogen-bond acceptors (Lipinski definition) is 2. The number of fused-ring (bicyclic) bond motifs is 2. The third-order valence-corrected chi connectivity index (χ3v) is 6.75. The summed E-state index contributed by atoms with van der Waals surface area (Å²) in [4.78, 5) is 22.0. The largest absolute Gasteiger partial charge is 0.353 e. The van der Waals surface area contributed by atoms with Gasteiger partial charge in [-0.1, -0.05) is 93.6 Å². The normalized spacial score (nSPS) is 13.2. The molecule has 170 valence electrons.